The molecule has 0 aromatic carbocycles. The summed E-state index contributed by atoms with van der Waals surface area (Å²) in [7, 11) is 1.83. The molecule has 0 aromatic rings. The number of hydrogen-bond acceptors (Lipinski definition) is 3. The molecule has 1 N–H and O–H groups in total. The van der Waals surface area contributed by atoms with Gasteiger partial charge in [0.1, 0.15) is 0 Å². The van der Waals surface area contributed by atoms with Gasteiger partial charge in [0.25, 0.3) is 0 Å². The molecular formula is C14H30N2O. The minimum atomic E-state index is 0.410. The highest BCUT2D eigenvalue weighted by molar-refractivity contribution is 4.85. The van der Waals surface area contributed by atoms with Crippen LogP contribution in [-0.4, -0.2) is 50.8 Å². The first kappa shape index (κ1) is 14.9. The van der Waals surface area contributed by atoms with Crippen molar-refractivity contribution < 1.29 is 4.74 Å². The molecule has 1 saturated heterocycles. The van der Waals surface area contributed by atoms with Gasteiger partial charge in [0.15, 0.2) is 0 Å². The maximum Gasteiger partial charge on any atom is 0.0710 e. The van der Waals surface area contributed by atoms with E-state index in [1.807, 2.05) is 7.11 Å². The Morgan fingerprint density at radius 3 is 2.71 bits per heavy atom. The molecule has 0 bridgehead atoms. The number of likely N-dealkylation sites (tertiary alicyclic amines) is 1. The normalized spacial score (nSPS) is 25.1. The van der Waals surface area contributed by atoms with Crippen LogP contribution in [0, 0.1) is 5.41 Å². The van der Waals surface area contributed by atoms with E-state index in [1.54, 1.807) is 0 Å². The van der Waals surface area contributed by atoms with Crippen LogP contribution in [0.1, 0.15) is 40.0 Å². The lowest BCUT2D eigenvalue weighted by atomic mass is 9.85. The molecule has 1 aliphatic heterocycles. The van der Waals surface area contributed by atoms with Crippen molar-refractivity contribution in [3.8, 4) is 0 Å². The summed E-state index contributed by atoms with van der Waals surface area (Å²) in [6.45, 7) is 12.6. The predicted molar refractivity (Wildman–Crippen MR) is 73.4 cm³/mol. The number of nitrogens with zero attached hydrogens (tertiary/aromatic N) is 1. The summed E-state index contributed by atoms with van der Waals surface area (Å²) in [5, 5.41) is 3.51. The van der Waals surface area contributed by atoms with Crippen molar-refractivity contribution in [1.29, 1.82) is 0 Å². The van der Waals surface area contributed by atoms with Gasteiger partial charge in [-0.2, -0.15) is 0 Å². The maximum atomic E-state index is 5.44. The molecule has 1 aliphatic rings. The zero-order chi connectivity index (χ0) is 12.7. The molecule has 3 nitrogen and oxygen atoms in total. The third kappa shape index (κ3) is 4.94. The van der Waals surface area contributed by atoms with Gasteiger partial charge in [0.2, 0.25) is 0 Å². The average molecular weight is 242 g/mol. The third-order valence-corrected chi connectivity index (χ3v) is 3.82. The lowest BCUT2D eigenvalue weighted by molar-refractivity contribution is 0.0973. The summed E-state index contributed by atoms with van der Waals surface area (Å²) in [4.78, 5) is 2.57. The molecule has 1 rings (SSSR count). The molecule has 0 amide bonds. The Morgan fingerprint density at radius 2 is 2.18 bits per heavy atom. The Kier molecular flexibility index (Phi) is 6.45. The standard InChI is InChI=1S/C14H30N2O/c1-5-8-14(3,11-15-6-2)12-16-9-7-13(10-16)17-4/h13,15H,5-12H2,1-4H3. The summed E-state index contributed by atoms with van der Waals surface area (Å²) in [5.41, 5.74) is 0.410. The van der Waals surface area contributed by atoms with Gasteiger partial charge in [0.05, 0.1) is 6.10 Å². The molecule has 0 radical (unpaired) electrons. The van der Waals surface area contributed by atoms with Crippen LogP contribution in [0.5, 0.6) is 0 Å². The summed E-state index contributed by atoms with van der Waals surface area (Å²) < 4.78 is 5.44. The molecular weight excluding hydrogens is 212 g/mol. The summed E-state index contributed by atoms with van der Waals surface area (Å²) in [6.07, 6.45) is 4.22. The van der Waals surface area contributed by atoms with Crippen molar-refractivity contribution in [3.63, 3.8) is 0 Å². The first-order valence-electron chi connectivity index (χ1n) is 7.09. The minimum absolute atomic E-state index is 0.410. The molecule has 0 saturated carbocycles. The molecule has 17 heavy (non-hydrogen) atoms. The van der Waals surface area contributed by atoms with Crippen molar-refractivity contribution in [2.45, 2.75) is 46.1 Å². The lowest BCUT2D eigenvalue weighted by Gasteiger charge is -2.34. The van der Waals surface area contributed by atoms with Crippen LogP contribution in [0.15, 0.2) is 0 Å². The smallest absolute Gasteiger partial charge is 0.0710 e. The van der Waals surface area contributed by atoms with Gasteiger partial charge >= 0.3 is 0 Å². The lowest BCUT2D eigenvalue weighted by Crippen LogP contribution is -2.42. The van der Waals surface area contributed by atoms with E-state index in [2.05, 4.69) is 31.0 Å². The van der Waals surface area contributed by atoms with E-state index in [4.69, 9.17) is 4.74 Å². The maximum absolute atomic E-state index is 5.44. The SMILES string of the molecule is CCCC(C)(CNCC)CN1CCC(OC)C1. The zero-order valence-electron chi connectivity index (χ0n) is 12.1. The third-order valence-electron chi connectivity index (χ3n) is 3.82. The topological polar surface area (TPSA) is 24.5 Å². The zero-order valence-corrected chi connectivity index (χ0v) is 12.1. The number of hydrogen-bond donors (Lipinski definition) is 1. The summed E-state index contributed by atoms with van der Waals surface area (Å²) >= 11 is 0. The van der Waals surface area contributed by atoms with E-state index in [0.29, 0.717) is 11.5 Å². The van der Waals surface area contributed by atoms with Crippen molar-refractivity contribution in [2.24, 2.45) is 5.41 Å². The molecule has 2 atom stereocenters. The Morgan fingerprint density at radius 1 is 1.41 bits per heavy atom. The van der Waals surface area contributed by atoms with Crippen LogP contribution >= 0.6 is 0 Å². The quantitative estimate of drug-likeness (QED) is 0.705. The Bertz CT molecular complexity index is 210. The van der Waals surface area contributed by atoms with Crippen molar-refractivity contribution in [2.75, 3.05) is 39.8 Å². The number of rotatable bonds is 8. The fourth-order valence-electron chi connectivity index (χ4n) is 2.93. The molecule has 2 unspecified atom stereocenters. The second kappa shape index (κ2) is 7.34. The fraction of sp³-hybridized carbons (Fsp3) is 1.00. The molecule has 102 valence electrons. The largest absolute Gasteiger partial charge is 0.380 e. The minimum Gasteiger partial charge on any atom is -0.380 e. The van der Waals surface area contributed by atoms with Gasteiger partial charge < -0.3 is 15.0 Å². The highest BCUT2D eigenvalue weighted by Gasteiger charge is 2.30. The van der Waals surface area contributed by atoms with E-state index in [1.165, 1.54) is 32.4 Å². The van der Waals surface area contributed by atoms with Crippen LogP contribution in [0.2, 0.25) is 0 Å². The molecule has 0 spiro atoms. The van der Waals surface area contributed by atoms with Gasteiger partial charge in [-0.25, -0.2) is 0 Å². The Labute approximate surface area is 107 Å². The molecule has 0 aliphatic carbocycles. The van der Waals surface area contributed by atoms with E-state index in [9.17, 15) is 0 Å². The predicted octanol–water partition coefficient (Wildman–Crippen LogP) is 2.12. The highest BCUT2D eigenvalue weighted by Crippen LogP contribution is 2.26. The molecule has 0 aromatic heterocycles. The van der Waals surface area contributed by atoms with Crippen molar-refractivity contribution in [1.82, 2.24) is 10.2 Å². The van der Waals surface area contributed by atoms with Crippen LogP contribution in [0.3, 0.4) is 0 Å². The van der Waals surface area contributed by atoms with Crippen LogP contribution in [0.4, 0.5) is 0 Å². The highest BCUT2D eigenvalue weighted by atomic mass is 16.5. The van der Waals surface area contributed by atoms with Crippen LogP contribution in [0.25, 0.3) is 0 Å². The summed E-state index contributed by atoms with van der Waals surface area (Å²) in [6, 6.07) is 0. The number of ether oxygens (including phenoxy) is 1. The van der Waals surface area contributed by atoms with Crippen molar-refractivity contribution >= 4 is 0 Å². The van der Waals surface area contributed by atoms with E-state index >= 15 is 0 Å². The molecule has 1 heterocycles. The number of methoxy groups -OCH3 is 1. The van der Waals surface area contributed by atoms with E-state index < -0.39 is 0 Å². The average Bonchev–Trinajstić information content (AvgIpc) is 2.74. The van der Waals surface area contributed by atoms with Crippen molar-refractivity contribution in [3.05, 3.63) is 0 Å². The first-order valence-corrected chi connectivity index (χ1v) is 7.09. The van der Waals surface area contributed by atoms with Gasteiger partial charge in [-0.15, -0.1) is 0 Å². The van der Waals surface area contributed by atoms with E-state index in [-0.39, 0.29) is 0 Å². The first-order chi connectivity index (χ1) is 8.13. The van der Waals surface area contributed by atoms with Gasteiger partial charge in [0, 0.05) is 33.3 Å². The van der Waals surface area contributed by atoms with Gasteiger partial charge in [-0.3, -0.25) is 0 Å². The van der Waals surface area contributed by atoms with E-state index in [0.717, 1.165) is 19.6 Å². The Balaban J connectivity index is 2.42. The Hall–Kier alpha value is -0.120. The fourth-order valence-corrected chi connectivity index (χ4v) is 2.93. The molecule has 3 heteroatoms. The summed E-state index contributed by atoms with van der Waals surface area (Å²) in [5.74, 6) is 0. The number of nitrogens with one attached hydrogen (secondary N) is 1. The van der Waals surface area contributed by atoms with Gasteiger partial charge in [-0.1, -0.05) is 27.2 Å². The van der Waals surface area contributed by atoms with Crippen LogP contribution < -0.4 is 5.32 Å². The monoisotopic (exact) mass is 242 g/mol. The van der Waals surface area contributed by atoms with Gasteiger partial charge in [-0.05, 0) is 24.8 Å². The molecule has 1 fully saturated rings. The second-order valence-corrected chi connectivity index (χ2v) is 5.72. The van der Waals surface area contributed by atoms with Crippen LogP contribution in [-0.2, 0) is 4.74 Å². The second-order valence-electron chi connectivity index (χ2n) is 5.72.